The summed E-state index contributed by atoms with van der Waals surface area (Å²) in [5, 5.41) is 6.87. The Bertz CT molecular complexity index is 1560. The first-order chi connectivity index (χ1) is 17.7. The molecule has 0 saturated carbocycles. The molecular formula is C28H24ClN3O5. The lowest BCUT2D eigenvalue weighted by atomic mass is 9.96. The summed E-state index contributed by atoms with van der Waals surface area (Å²) in [6.07, 6.45) is -1.16. The minimum atomic E-state index is -1.16. The Morgan fingerprint density at radius 3 is 2.03 bits per heavy atom. The number of amides is 2. The summed E-state index contributed by atoms with van der Waals surface area (Å²) in [5.74, 6) is -1.59. The van der Waals surface area contributed by atoms with Crippen LogP contribution in [0, 0.1) is 0 Å². The van der Waals surface area contributed by atoms with Crippen LogP contribution in [0.1, 0.15) is 24.3 Å². The van der Waals surface area contributed by atoms with E-state index in [0.29, 0.717) is 38.3 Å². The second kappa shape index (κ2) is 10.7. The van der Waals surface area contributed by atoms with E-state index in [1.54, 1.807) is 72.8 Å². The first-order valence-corrected chi connectivity index (χ1v) is 11.8. The molecule has 3 aromatic carbocycles. The third-order valence-electron chi connectivity index (χ3n) is 5.76. The van der Waals surface area contributed by atoms with E-state index in [1.165, 1.54) is 25.5 Å². The highest BCUT2D eigenvalue weighted by Crippen LogP contribution is 2.32. The molecule has 2 amide bonds. The van der Waals surface area contributed by atoms with Gasteiger partial charge in [-0.05, 0) is 60.3 Å². The van der Waals surface area contributed by atoms with Gasteiger partial charge in [0.2, 0.25) is 5.91 Å². The largest absolute Gasteiger partial charge is 0.448 e. The van der Waals surface area contributed by atoms with Crippen molar-refractivity contribution in [3.8, 4) is 11.1 Å². The zero-order chi connectivity index (χ0) is 26.7. The third kappa shape index (κ3) is 5.54. The standard InChI is InChI=1S/C28H24ClN3O5/c1-16(26(34)31-21-14-12-20(13-15-21)30-17(2)33)37-28(36)25-24(18-8-10-19(29)11-9-18)22-6-4-5-7-23(22)27(35)32(25)3/h4-16H,1-3H3,(H,30,33)(H,31,34). The highest BCUT2D eigenvalue weighted by molar-refractivity contribution is 6.30. The summed E-state index contributed by atoms with van der Waals surface area (Å²) < 4.78 is 6.76. The SMILES string of the molecule is CC(=O)Nc1ccc(NC(=O)C(C)OC(=O)c2c(-c3ccc(Cl)cc3)c3ccccc3c(=O)n2C)cc1. The van der Waals surface area contributed by atoms with Crippen LogP contribution < -0.4 is 16.2 Å². The Morgan fingerprint density at radius 2 is 1.43 bits per heavy atom. The minimum Gasteiger partial charge on any atom is -0.448 e. The normalized spacial score (nSPS) is 11.6. The molecule has 4 aromatic rings. The van der Waals surface area contributed by atoms with Crippen molar-refractivity contribution in [2.45, 2.75) is 20.0 Å². The van der Waals surface area contributed by atoms with Gasteiger partial charge in [-0.25, -0.2) is 4.79 Å². The van der Waals surface area contributed by atoms with Crippen molar-refractivity contribution in [1.82, 2.24) is 4.57 Å². The summed E-state index contributed by atoms with van der Waals surface area (Å²) in [5.41, 5.74) is 1.86. The van der Waals surface area contributed by atoms with Gasteiger partial charge in [-0.1, -0.05) is 41.9 Å². The Labute approximate surface area is 217 Å². The number of esters is 1. The number of rotatable bonds is 6. The monoisotopic (exact) mass is 517 g/mol. The minimum absolute atomic E-state index is 0.0188. The molecule has 0 aliphatic heterocycles. The van der Waals surface area contributed by atoms with Crippen LogP contribution in [0.2, 0.25) is 5.02 Å². The van der Waals surface area contributed by atoms with Crippen LogP contribution in [0.3, 0.4) is 0 Å². The van der Waals surface area contributed by atoms with E-state index in [0.717, 1.165) is 0 Å². The van der Waals surface area contributed by atoms with Crippen LogP contribution in [0.4, 0.5) is 11.4 Å². The zero-order valence-corrected chi connectivity index (χ0v) is 21.1. The first-order valence-electron chi connectivity index (χ1n) is 11.4. The number of ether oxygens (including phenoxy) is 1. The lowest BCUT2D eigenvalue weighted by Gasteiger charge is -2.19. The van der Waals surface area contributed by atoms with E-state index in [-0.39, 0.29) is 17.2 Å². The highest BCUT2D eigenvalue weighted by atomic mass is 35.5. The topological polar surface area (TPSA) is 106 Å². The number of hydrogen-bond donors (Lipinski definition) is 2. The molecule has 2 N–H and O–H groups in total. The first kappa shape index (κ1) is 25.7. The molecule has 0 aliphatic carbocycles. The maximum absolute atomic E-state index is 13.4. The molecule has 0 fully saturated rings. The van der Waals surface area contributed by atoms with Crippen LogP contribution in [-0.4, -0.2) is 28.5 Å². The smallest absolute Gasteiger partial charge is 0.356 e. The van der Waals surface area contributed by atoms with Crippen molar-refractivity contribution >= 4 is 51.5 Å². The molecule has 0 bridgehead atoms. The van der Waals surface area contributed by atoms with Gasteiger partial charge < -0.3 is 19.9 Å². The van der Waals surface area contributed by atoms with Crippen LogP contribution >= 0.6 is 11.6 Å². The molecule has 8 nitrogen and oxygen atoms in total. The van der Waals surface area contributed by atoms with E-state index in [4.69, 9.17) is 16.3 Å². The lowest BCUT2D eigenvalue weighted by molar-refractivity contribution is -0.123. The molecule has 1 unspecified atom stereocenters. The average molecular weight is 518 g/mol. The van der Waals surface area contributed by atoms with Gasteiger partial charge in [-0.15, -0.1) is 0 Å². The van der Waals surface area contributed by atoms with Crippen LogP contribution in [0.15, 0.2) is 77.6 Å². The number of carbonyl (C=O) groups is 3. The van der Waals surface area contributed by atoms with Crippen molar-refractivity contribution < 1.29 is 19.1 Å². The van der Waals surface area contributed by atoms with Crippen molar-refractivity contribution in [3.05, 3.63) is 93.9 Å². The van der Waals surface area contributed by atoms with E-state index in [2.05, 4.69) is 10.6 Å². The molecular weight excluding hydrogens is 494 g/mol. The number of pyridine rings is 1. The van der Waals surface area contributed by atoms with Gasteiger partial charge in [0.15, 0.2) is 6.10 Å². The Hall–Kier alpha value is -4.43. The van der Waals surface area contributed by atoms with E-state index in [9.17, 15) is 19.2 Å². The molecule has 4 rings (SSSR count). The van der Waals surface area contributed by atoms with Crippen LogP contribution in [0.25, 0.3) is 21.9 Å². The van der Waals surface area contributed by atoms with Gasteiger partial charge in [0, 0.05) is 41.3 Å². The predicted molar refractivity (Wildman–Crippen MR) is 144 cm³/mol. The second-order valence-corrected chi connectivity index (χ2v) is 8.87. The molecule has 188 valence electrons. The fraction of sp³-hybridized carbons (Fsp3) is 0.143. The number of nitrogens with one attached hydrogen (secondary N) is 2. The Kier molecular flexibility index (Phi) is 7.40. The number of hydrogen-bond acceptors (Lipinski definition) is 5. The van der Waals surface area contributed by atoms with Crippen molar-refractivity contribution in [3.63, 3.8) is 0 Å². The quantitative estimate of drug-likeness (QED) is 0.350. The summed E-state index contributed by atoms with van der Waals surface area (Å²) in [4.78, 5) is 50.4. The maximum Gasteiger partial charge on any atom is 0.356 e. The summed E-state index contributed by atoms with van der Waals surface area (Å²) in [7, 11) is 1.49. The Morgan fingerprint density at radius 1 is 0.865 bits per heavy atom. The van der Waals surface area contributed by atoms with Gasteiger partial charge in [0.1, 0.15) is 5.69 Å². The van der Waals surface area contributed by atoms with Crippen molar-refractivity contribution in [2.75, 3.05) is 10.6 Å². The van der Waals surface area contributed by atoms with E-state index >= 15 is 0 Å². The van der Waals surface area contributed by atoms with E-state index < -0.39 is 18.0 Å². The highest BCUT2D eigenvalue weighted by Gasteiger charge is 2.26. The van der Waals surface area contributed by atoms with Gasteiger partial charge in [-0.3, -0.25) is 14.4 Å². The lowest BCUT2D eigenvalue weighted by Crippen LogP contribution is -2.32. The molecule has 0 aliphatic rings. The molecule has 1 aromatic heterocycles. The molecule has 1 atom stereocenters. The molecule has 9 heteroatoms. The molecule has 0 saturated heterocycles. The van der Waals surface area contributed by atoms with Gasteiger partial charge in [0.05, 0.1) is 0 Å². The fourth-order valence-corrected chi connectivity index (χ4v) is 4.09. The maximum atomic E-state index is 13.4. The summed E-state index contributed by atoms with van der Waals surface area (Å²) in [6, 6.07) is 20.4. The fourth-order valence-electron chi connectivity index (χ4n) is 3.97. The summed E-state index contributed by atoms with van der Waals surface area (Å²) in [6.45, 7) is 2.84. The van der Waals surface area contributed by atoms with Crippen LogP contribution in [0.5, 0.6) is 0 Å². The van der Waals surface area contributed by atoms with Crippen molar-refractivity contribution in [1.29, 1.82) is 0 Å². The van der Waals surface area contributed by atoms with E-state index in [1.807, 2.05) is 0 Å². The molecule has 37 heavy (non-hydrogen) atoms. The molecule has 1 heterocycles. The average Bonchev–Trinajstić information content (AvgIpc) is 2.87. The zero-order valence-electron chi connectivity index (χ0n) is 20.4. The summed E-state index contributed by atoms with van der Waals surface area (Å²) >= 11 is 6.07. The van der Waals surface area contributed by atoms with Crippen molar-refractivity contribution in [2.24, 2.45) is 7.05 Å². The Balaban J connectivity index is 1.64. The number of nitrogens with zero attached hydrogens (tertiary/aromatic N) is 1. The second-order valence-electron chi connectivity index (χ2n) is 8.44. The predicted octanol–water partition coefficient (Wildman–Crippen LogP) is 5.00. The molecule has 0 radical (unpaired) electrons. The number of halogens is 1. The number of anilines is 2. The van der Waals surface area contributed by atoms with Crippen LogP contribution in [-0.2, 0) is 21.4 Å². The third-order valence-corrected chi connectivity index (χ3v) is 6.01. The molecule has 0 spiro atoms. The van der Waals surface area contributed by atoms with Gasteiger partial charge >= 0.3 is 5.97 Å². The van der Waals surface area contributed by atoms with Gasteiger partial charge in [0.25, 0.3) is 11.5 Å². The van der Waals surface area contributed by atoms with Gasteiger partial charge in [-0.2, -0.15) is 0 Å². The number of benzene rings is 3. The number of fused-ring (bicyclic) bond motifs is 1. The number of aromatic nitrogens is 1. The number of carbonyl (C=O) groups excluding carboxylic acids is 3.